The molecule has 1 heterocycles. The largest absolute Gasteiger partial charge is 0.396 e. The van der Waals surface area contributed by atoms with Crippen molar-refractivity contribution in [3.63, 3.8) is 0 Å². The summed E-state index contributed by atoms with van der Waals surface area (Å²) in [7, 11) is 0. The van der Waals surface area contributed by atoms with Crippen LogP contribution >= 0.6 is 0 Å². The number of likely N-dealkylation sites (tertiary alicyclic amines) is 1. The predicted octanol–water partition coefficient (Wildman–Crippen LogP) is 2.26. The van der Waals surface area contributed by atoms with Crippen LogP contribution in [0.15, 0.2) is 30.3 Å². The number of aliphatic hydroxyl groups excluding tert-OH is 1. The summed E-state index contributed by atoms with van der Waals surface area (Å²) in [5, 5.41) is 12.9. The van der Waals surface area contributed by atoms with Crippen molar-refractivity contribution in [2.45, 2.75) is 45.3 Å². The molecule has 1 saturated heterocycles. The van der Waals surface area contributed by atoms with Gasteiger partial charge in [-0.15, -0.1) is 0 Å². The van der Waals surface area contributed by atoms with E-state index in [1.54, 1.807) is 0 Å². The van der Waals surface area contributed by atoms with Crippen LogP contribution in [0.1, 0.15) is 32.3 Å². The SMILES string of the molecule is CC(CO)C(C)NC1CCN(Cc2ccccc2)CC1. The van der Waals surface area contributed by atoms with E-state index >= 15 is 0 Å². The minimum atomic E-state index is 0.265. The zero-order valence-electron chi connectivity index (χ0n) is 12.8. The van der Waals surface area contributed by atoms with E-state index in [1.165, 1.54) is 18.4 Å². The molecule has 3 nitrogen and oxygen atoms in total. The first-order valence-corrected chi connectivity index (χ1v) is 7.82. The highest BCUT2D eigenvalue weighted by atomic mass is 16.3. The molecule has 20 heavy (non-hydrogen) atoms. The molecular formula is C17H28N2O. The Kier molecular flexibility index (Phi) is 6.02. The van der Waals surface area contributed by atoms with Crippen molar-refractivity contribution in [2.24, 2.45) is 5.92 Å². The molecule has 2 atom stereocenters. The number of piperidine rings is 1. The van der Waals surface area contributed by atoms with E-state index in [0.717, 1.165) is 19.6 Å². The summed E-state index contributed by atoms with van der Waals surface area (Å²) in [6.07, 6.45) is 2.41. The first-order chi connectivity index (χ1) is 9.69. The van der Waals surface area contributed by atoms with Gasteiger partial charge >= 0.3 is 0 Å². The average molecular weight is 276 g/mol. The Morgan fingerprint density at radius 1 is 1.20 bits per heavy atom. The van der Waals surface area contributed by atoms with E-state index in [2.05, 4.69) is 54.4 Å². The van der Waals surface area contributed by atoms with Gasteiger partial charge < -0.3 is 10.4 Å². The van der Waals surface area contributed by atoms with Gasteiger partial charge in [-0.2, -0.15) is 0 Å². The van der Waals surface area contributed by atoms with Gasteiger partial charge in [-0.3, -0.25) is 4.90 Å². The zero-order chi connectivity index (χ0) is 14.4. The number of nitrogens with one attached hydrogen (secondary N) is 1. The third-order valence-corrected chi connectivity index (χ3v) is 4.48. The molecule has 0 aliphatic carbocycles. The molecule has 1 fully saturated rings. The minimum Gasteiger partial charge on any atom is -0.396 e. The maximum Gasteiger partial charge on any atom is 0.0471 e. The van der Waals surface area contributed by atoms with Gasteiger partial charge in [-0.05, 0) is 44.3 Å². The summed E-state index contributed by atoms with van der Waals surface area (Å²) in [6.45, 7) is 7.93. The Morgan fingerprint density at radius 3 is 2.45 bits per heavy atom. The quantitative estimate of drug-likeness (QED) is 0.836. The first kappa shape index (κ1) is 15.5. The van der Waals surface area contributed by atoms with E-state index in [1.807, 2.05) is 0 Å². The number of aliphatic hydroxyl groups is 1. The summed E-state index contributed by atoms with van der Waals surface area (Å²) < 4.78 is 0. The van der Waals surface area contributed by atoms with Crippen LogP contribution in [-0.4, -0.2) is 41.8 Å². The van der Waals surface area contributed by atoms with Gasteiger partial charge in [0.25, 0.3) is 0 Å². The van der Waals surface area contributed by atoms with Gasteiger partial charge in [-0.1, -0.05) is 37.3 Å². The molecule has 1 aromatic carbocycles. The number of hydrogen-bond donors (Lipinski definition) is 2. The van der Waals surface area contributed by atoms with E-state index < -0.39 is 0 Å². The molecule has 0 aromatic heterocycles. The van der Waals surface area contributed by atoms with Gasteiger partial charge in [0.05, 0.1) is 0 Å². The van der Waals surface area contributed by atoms with Crippen LogP contribution in [-0.2, 0) is 6.54 Å². The highest BCUT2D eigenvalue weighted by molar-refractivity contribution is 5.14. The Hall–Kier alpha value is -0.900. The van der Waals surface area contributed by atoms with Gasteiger partial charge in [0, 0.05) is 25.2 Å². The van der Waals surface area contributed by atoms with Crippen molar-refractivity contribution in [1.29, 1.82) is 0 Å². The van der Waals surface area contributed by atoms with Crippen LogP contribution in [0.5, 0.6) is 0 Å². The first-order valence-electron chi connectivity index (χ1n) is 7.82. The molecule has 0 spiro atoms. The lowest BCUT2D eigenvalue weighted by atomic mass is 9.99. The molecule has 112 valence electrons. The lowest BCUT2D eigenvalue weighted by Gasteiger charge is -2.35. The van der Waals surface area contributed by atoms with Crippen molar-refractivity contribution in [3.05, 3.63) is 35.9 Å². The lowest BCUT2D eigenvalue weighted by Crippen LogP contribution is -2.47. The average Bonchev–Trinajstić information content (AvgIpc) is 2.49. The minimum absolute atomic E-state index is 0.265. The van der Waals surface area contributed by atoms with Crippen molar-refractivity contribution in [2.75, 3.05) is 19.7 Å². The Balaban J connectivity index is 1.72. The second kappa shape index (κ2) is 7.77. The summed E-state index contributed by atoms with van der Waals surface area (Å²) >= 11 is 0. The second-order valence-corrected chi connectivity index (χ2v) is 6.15. The highest BCUT2D eigenvalue weighted by Gasteiger charge is 2.22. The van der Waals surface area contributed by atoms with E-state index in [9.17, 15) is 5.11 Å². The summed E-state index contributed by atoms with van der Waals surface area (Å²) in [4.78, 5) is 2.54. The van der Waals surface area contributed by atoms with Gasteiger partial charge in [-0.25, -0.2) is 0 Å². The lowest BCUT2D eigenvalue weighted by molar-refractivity contribution is 0.161. The van der Waals surface area contributed by atoms with Gasteiger partial charge in [0.15, 0.2) is 0 Å². The normalized spacial score (nSPS) is 20.8. The molecule has 0 bridgehead atoms. The number of benzene rings is 1. The molecule has 1 aliphatic rings. The van der Waals surface area contributed by atoms with Gasteiger partial charge in [0.2, 0.25) is 0 Å². The van der Waals surface area contributed by atoms with E-state index in [0.29, 0.717) is 18.0 Å². The van der Waals surface area contributed by atoms with Crippen molar-refractivity contribution in [1.82, 2.24) is 10.2 Å². The summed E-state index contributed by atoms with van der Waals surface area (Å²) in [5.74, 6) is 0.331. The zero-order valence-corrected chi connectivity index (χ0v) is 12.8. The Labute approximate surface area is 123 Å². The molecule has 1 aliphatic heterocycles. The van der Waals surface area contributed by atoms with Crippen LogP contribution < -0.4 is 5.32 Å². The Morgan fingerprint density at radius 2 is 1.85 bits per heavy atom. The monoisotopic (exact) mass is 276 g/mol. The number of nitrogens with zero attached hydrogens (tertiary/aromatic N) is 1. The maximum absolute atomic E-state index is 9.19. The molecule has 0 radical (unpaired) electrons. The van der Waals surface area contributed by atoms with Crippen LogP contribution in [0.25, 0.3) is 0 Å². The number of rotatable bonds is 6. The molecule has 2 N–H and O–H groups in total. The standard InChI is InChI=1S/C17H28N2O/c1-14(13-20)15(2)18-17-8-10-19(11-9-17)12-16-6-4-3-5-7-16/h3-7,14-15,17-18,20H,8-13H2,1-2H3. The predicted molar refractivity (Wildman–Crippen MR) is 83.6 cm³/mol. The van der Waals surface area contributed by atoms with Crippen LogP contribution in [0, 0.1) is 5.92 Å². The molecule has 1 aromatic rings. The van der Waals surface area contributed by atoms with Crippen LogP contribution in [0.3, 0.4) is 0 Å². The fourth-order valence-corrected chi connectivity index (χ4v) is 2.79. The van der Waals surface area contributed by atoms with Crippen molar-refractivity contribution < 1.29 is 5.11 Å². The van der Waals surface area contributed by atoms with E-state index in [4.69, 9.17) is 0 Å². The molecular weight excluding hydrogens is 248 g/mol. The fourth-order valence-electron chi connectivity index (χ4n) is 2.79. The highest BCUT2D eigenvalue weighted by Crippen LogP contribution is 2.15. The second-order valence-electron chi connectivity index (χ2n) is 6.15. The molecule has 0 amide bonds. The topological polar surface area (TPSA) is 35.5 Å². The summed E-state index contributed by atoms with van der Waals surface area (Å²) in [5.41, 5.74) is 1.40. The molecule has 3 heteroatoms. The maximum atomic E-state index is 9.19. The summed E-state index contributed by atoms with van der Waals surface area (Å²) in [6, 6.07) is 11.7. The van der Waals surface area contributed by atoms with Crippen LogP contribution in [0.4, 0.5) is 0 Å². The third kappa shape index (κ3) is 4.58. The molecule has 0 saturated carbocycles. The Bertz CT molecular complexity index is 374. The molecule has 2 rings (SSSR count). The number of hydrogen-bond acceptors (Lipinski definition) is 3. The van der Waals surface area contributed by atoms with E-state index in [-0.39, 0.29) is 6.61 Å². The smallest absolute Gasteiger partial charge is 0.0471 e. The van der Waals surface area contributed by atoms with Crippen molar-refractivity contribution in [3.8, 4) is 0 Å². The molecule has 2 unspecified atom stereocenters. The third-order valence-electron chi connectivity index (χ3n) is 4.48. The van der Waals surface area contributed by atoms with Crippen molar-refractivity contribution >= 4 is 0 Å². The van der Waals surface area contributed by atoms with Crippen LogP contribution in [0.2, 0.25) is 0 Å². The fraction of sp³-hybridized carbons (Fsp3) is 0.647. The van der Waals surface area contributed by atoms with Gasteiger partial charge in [0.1, 0.15) is 0 Å².